The van der Waals surface area contributed by atoms with Crippen LogP contribution in [0.15, 0.2) is 30.3 Å². The van der Waals surface area contributed by atoms with E-state index < -0.39 is 23.7 Å². The molecule has 1 atom stereocenters. The van der Waals surface area contributed by atoms with Gasteiger partial charge >= 0.3 is 6.18 Å². The molecule has 0 heterocycles. The summed E-state index contributed by atoms with van der Waals surface area (Å²) >= 11 is 0. The monoisotopic (exact) mass is 287 g/mol. The molecule has 110 valence electrons. The Morgan fingerprint density at radius 1 is 1.30 bits per heavy atom. The highest BCUT2D eigenvalue weighted by Crippen LogP contribution is 2.32. The van der Waals surface area contributed by atoms with Gasteiger partial charge in [-0.3, -0.25) is 4.79 Å². The van der Waals surface area contributed by atoms with E-state index >= 15 is 0 Å². The predicted octanol–water partition coefficient (Wildman–Crippen LogP) is 2.19. The highest BCUT2D eigenvalue weighted by molar-refractivity contribution is 5.86. The van der Waals surface area contributed by atoms with Crippen LogP contribution in [-0.2, 0) is 11.2 Å². The molecule has 1 amide bonds. The van der Waals surface area contributed by atoms with Gasteiger partial charge in [0.2, 0.25) is 0 Å². The van der Waals surface area contributed by atoms with E-state index in [0.29, 0.717) is 12.0 Å². The Labute approximate surface area is 114 Å². The van der Waals surface area contributed by atoms with Gasteiger partial charge in [-0.1, -0.05) is 30.3 Å². The quantitative estimate of drug-likeness (QED) is 0.892. The molecule has 20 heavy (non-hydrogen) atoms. The van der Waals surface area contributed by atoms with Crippen molar-refractivity contribution in [3.05, 3.63) is 35.9 Å². The van der Waals surface area contributed by atoms with Crippen LogP contribution in [0.2, 0.25) is 0 Å². The summed E-state index contributed by atoms with van der Waals surface area (Å²) in [4.78, 5) is 11.7. The third-order valence-electron chi connectivity index (χ3n) is 3.59. The van der Waals surface area contributed by atoms with E-state index in [0.717, 1.165) is 0 Å². The number of nitrogens with one attached hydrogen (secondary N) is 1. The predicted molar refractivity (Wildman–Crippen MR) is 66.9 cm³/mol. The second-order valence-electron chi connectivity index (χ2n) is 5.14. The Balaban J connectivity index is 2.07. The van der Waals surface area contributed by atoms with Gasteiger partial charge in [-0.15, -0.1) is 0 Å². The first kappa shape index (κ1) is 14.8. The van der Waals surface area contributed by atoms with Gasteiger partial charge < -0.3 is 10.4 Å². The second kappa shape index (κ2) is 5.44. The number of rotatable bonds is 4. The van der Waals surface area contributed by atoms with Gasteiger partial charge in [0.25, 0.3) is 5.91 Å². The molecule has 6 heteroatoms. The van der Waals surface area contributed by atoms with Gasteiger partial charge in [-0.25, -0.2) is 0 Å². The Kier molecular flexibility index (Phi) is 4.04. The molecule has 1 aliphatic carbocycles. The van der Waals surface area contributed by atoms with Gasteiger partial charge in [0, 0.05) is 6.42 Å². The molecule has 0 aliphatic heterocycles. The van der Waals surface area contributed by atoms with Crippen molar-refractivity contribution in [2.75, 3.05) is 0 Å². The summed E-state index contributed by atoms with van der Waals surface area (Å²) in [5, 5.41) is 11.7. The minimum atomic E-state index is -4.55. The van der Waals surface area contributed by atoms with Crippen LogP contribution in [0.1, 0.15) is 24.8 Å². The molecule has 1 aliphatic rings. The van der Waals surface area contributed by atoms with Crippen molar-refractivity contribution in [2.24, 2.45) is 0 Å². The molecule has 0 spiro atoms. The summed E-state index contributed by atoms with van der Waals surface area (Å²) < 4.78 is 38.9. The molecule has 0 unspecified atom stereocenters. The van der Waals surface area contributed by atoms with E-state index in [-0.39, 0.29) is 19.3 Å². The molecule has 0 aromatic heterocycles. The van der Waals surface area contributed by atoms with Crippen LogP contribution >= 0.6 is 0 Å². The summed E-state index contributed by atoms with van der Waals surface area (Å²) in [5.74, 6) is -0.929. The zero-order chi connectivity index (χ0) is 14.8. The summed E-state index contributed by atoms with van der Waals surface area (Å²) in [7, 11) is 0. The van der Waals surface area contributed by atoms with E-state index in [9.17, 15) is 23.1 Å². The fraction of sp³-hybridized carbons (Fsp3) is 0.500. The molecule has 1 aromatic carbocycles. The molecule has 1 saturated carbocycles. The molecule has 0 radical (unpaired) electrons. The molecule has 2 N–H and O–H groups in total. The maximum atomic E-state index is 13.0. The smallest absolute Gasteiger partial charge is 0.380 e. The number of halogens is 3. The molecular formula is C14H16F3NO2. The Morgan fingerprint density at radius 2 is 1.90 bits per heavy atom. The van der Waals surface area contributed by atoms with Crippen LogP contribution in [0, 0.1) is 0 Å². The molecule has 3 nitrogen and oxygen atoms in total. The number of hydrogen-bond donors (Lipinski definition) is 2. The standard InChI is InChI=1S/C14H16F3NO2/c15-14(16,17)11(9-10-5-2-1-3-6-10)18-12(19)13(20)7-4-8-13/h1-3,5-6,11,20H,4,7-9H2,(H,18,19)/t11-/m0/s1. The maximum Gasteiger partial charge on any atom is 0.408 e. The van der Waals surface area contributed by atoms with Crippen molar-refractivity contribution in [2.45, 2.75) is 43.5 Å². The normalized spacial score (nSPS) is 19.0. The minimum absolute atomic E-state index is 0.217. The fourth-order valence-corrected chi connectivity index (χ4v) is 2.13. The van der Waals surface area contributed by atoms with Crippen LogP contribution in [0.3, 0.4) is 0 Å². The Bertz CT molecular complexity index is 469. The van der Waals surface area contributed by atoms with E-state index in [1.54, 1.807) is 30.3 Å². The zero-order valence-electron chi connectivity index (χ0n) is 10.8. The SMILES string of the molecule is O=C(N[C@@H](Cc1ccccc1)C(F)(F)F)C1(O)CCC1. The van der Waals surface area contributed by atoms with E-state index in [1.807, 2.05) is 5.32 Å². The highest BCUT2D eigenvalue weighted by atomic mass is 19.4. The van der Waals surface area contributed by atoms with Crippen LogP contribution < -0.4 is 5.32 Å². The van der Waals surface area contributed by atoms with Crippen molar-refractivity contribution >= 4 is 5.91 Å². The molecular weight excluding hydrogens is 271 g/mol. The average molecular weight is 287 g/mol. The Morgan fingerprint density at radius 3 is 2.35 bits per heavy atom. The van der Waals surface area contributed by atoms with Crippen LogP contribution in [0.5, 0.6) is 0 Å². The lowest BCUT2D eigenvalue weighted by Gasteiger charge is -2.36. The largest absolute Gasteiger partial charge is 0.408 e. The lowest BCUT2D eigenvalue weighted by molar-refractivity contribution is -0.172. The minimum Gasteiger partial charge on any atom is -0.380 e. The van der Waals surface area contributed by atoms with Crippen molar-refractivity contribution < 1.29 is 23.1 Å². The number of alkyl halides is 3. The van der Waals surface area contributed by atoms with Crippen molar-refractivity contribution in [1.82, 2.24) is 5.32 Å². The molecule has 1 fully saturated rings. The number of aliphatic hydroxyl groups is 1. The first-order chi connectivity index (χ1) is 9.31. The molecule has 1 aromatic rings. The van der Waals surface area contributed by atoms with Gasteiger partial charge in [-0.05, 0) is 24.8 Å². The van der Waals surface area contributed by atoms with Crippen LogP contribution in [-0.4, -0.2) is 28.8 Å². The van der Waals surface area contributed by atoms with E-state index in [2.05, 4.69) is 0 Å². The zero-order valence-corrected chi connectivity index (χ0v) is 10.8. The molecule has 2 rings (SSSR count). The van der Waals surface area contributed by atoms with E-state index in [4.69, 9.17) is 0 Å². The number of hydrogen-bond acceptors (Lipinski definition) is 2. The second-order valence-corrected chi connectivity index (χ2v) is 5.14. The van der Waals surface area contributed by atoms with Crippen LogP contribution in [0.25, 0.3) is 0 Å². The average Bonchev–Trinajstić information content (AvgIpc) is 2.35. The van der Waals surface area contributed by atoms with Crippen molar-refractivity contribution in [3.63, 3.8) is 0 Å². The van der Waals surface area contributed by atoms with E-state index in [1.165, 1.54) is 0 Å². The van der Waals surface area contributed by atoms with Crippen molar-refractivity contribution in [1.29, 1.82) is 0 Å². The lowest BCUT2D eigenvalue weighted by Crippen LogP contribution is -2.57. The highest BCUT2D eigenvalue weighted by Gasteiger charge is 2.47. The third-order valence-corrected chi connectivity index (χ3v) is 3.59. The van der Waals surface area contributed by atoms with Gasteiger partial charge in [0.05, 0.1) is 0 Å². The fourth-order valence-electron chi connectivity index (χ4n) is 2.13. The van der Waals surface area contributed by atoms with Crippen LogP contribution in [0.4, 0.5) is 13.2 Å². The third kappa shape index (κ3) is 3.30. The van der Waals surface area contributed by atoms with Gasteiger partial charge in [0.1, 0.15) is 11.6 Å². The first-order valence-electron chi connectivity index (χ1n) is 6.45. The summed E-state index contributed by atoms with van der Waals surface area (Å²) in [6.45, 7) is 0. The number of benzene rings is 1. The Hall–Kier alpha value is -1.56. The van der Waals surface area contributed by atoms with Gasteiger partial charge in [0.15, 0.2) is 0 Å². The summed E-state index contributed by atoms with van der Waals surface area (Å²) in [6, 6.07) is 6.16. The topological polar surface area (TPSA) is 49.3 Å². The maximum absolute atomic E-state index is 13.0. The molecule has 0 saturated heterocycles. The van der Waals surface area contributed by atoms with Crippen molar-refractivity contribution in [3.8, 4) is 0 Å². The lowest BCUT2D eigenvalue weighted by atomic mass is 9.79. The summed E-state index contributed by atoms with van der Waals surface area (Å²) in [6.07, 6.45) is -3.81. The molecule has 0 bridgehead atoms. The first-order valence-corrected chi connectivity index (χ1v) is 6.45. The van der Waals surface area contributed by atoms with Gasteiger partial charge in [-0.2, -0.15) is 13.2 Å². The number of carbonyl (C=O) groups excluding carboxylic acids is 1. The number of amides is 1. The number of carbonyl (C=O) groups is 1. The summed E-state index contributed by atoms with van der Waals surface area (Å²) in [5.41, 5.74) is -1.14.